The molecule has 0 aliphatic carbocycles. The summed E-state index contributed by atoms with van der Waals surface area (Å²) in [5, 5.41) is 0.775. The molecule has 0 spiro atoms. The number of alkyl halides is 3. The molecule has 0 radical (unpaired) electrons. The number of rotatable bonds is 13. The second-order valence-electron chi connectivity index (χ2n) is 4.86. The Morgan fingerprint density at radius 3 is 1.94 bits per heavy atom. The van der Waals surface area contributed by atoms with E-state index in [-0.39, 0.29) is 6.54 Å². The molecule has 0 N–H and O–H groups in total. The molecular formula is C14H28BrF2N. The average molecular weight is 328 g/mol. The molecule has 110 valence electrons. The number of nitrogens with zero attached hydrogens (tertiary/aromatic N) is 1. The zero-order chi connectivity index (χ0) is 13.6. The molecule has 0 saturated carbocycles. The lowest BCUT2D eigenvalue weighted by Crippen LogP contribution is -2.31. The summed E-state index contributed by atoms with van der Waals surface area (Å²) >= 11 is 3.31. The standard InChI is InChI=1S/C14H28BrF2N/c1-2-3-4-5-6-7-8-9-11-18(12-10-15)13-14(16)17/h14H,2-13H2,1H3. The third kappa shape index (κ3) is 12.7. The van der Waals surface area contributed by atoms with Gasteiger partial charge < -0.3 is 0 Å². The first-order chi connectivity index (χ1) is 8.70. The lowest BCUT2D eigenvalue weighted by molar-refractivity contribution is 0.0905. The minimum absolute atomic E-state index is 0.0812. The van der Waals surface area contributed by atoms with Crippen molar-refractivity contribution >= 4 is 15.9 Å². The highest BCUT2D eigenvalue weighted by Crippen LogP contribution is 2.09. The van der Waals surface area contributed by atoms with Crippen LogP contribution in [-0.4, -0.2) is 36.3 Å². The molecule has 0 atom stereocenters. The Hall–Kier alpha value is 0.300. The van der Waals surface area contributed by atoms with Crippen molar-refractivity contribution in [1.29, 1.82) is 0 Å². The minimum atomic E-state index is -2.21. The first kappa shape index (κ1) is 18.3. The van der Waals surface area contributed by atoms with Crippen molar-refractivity contribution in [1.82, 2.24) is 4.90 Å². The first-order valence-corrected chi connectivity index (χ1v) is 8.39. The number of unbranched alkanes of at least 4 members (excludes halogenated alkanes) is 7. The van der Waals surface area contributed by atoms with Gasteiger partial charge in [0.2, 0.25) is 0 Å². The average Bonchev–Trinajstić information content (AvgIpc) is 2.32. The third-order valence-electron chi connectivity index (χ3n) is 3.12. The zero-order valence-corrected chi connectivity index (χ0v) is 13.2. The summed E-state index contributed by atoms with van der Waals surface area (Å²) in [5.41, 5.74) is 0. The Balaban J connectivity index is 3.37. The predicted octanol–water partition coefficient (Wildman–Crippen LogP) is 5.09. The molecule has 1 nitrogen and oxygen atoms in total. The molecule has 0 aliphatic heterocycles. The van der Waals surface area contributed by atoms with Crippen LogP contribution >= 0.6 is 15.9 Å². The van der Waals surface area contributed by atoms with Crippen LogP contribution in [0.15, 0.2) is 0 Å². The Bertz CT molecular complexity index is 168. The molecule has 0 fully saturated rings. The largest absolute Gasteiger partial charge is 0.297 e. The molecule has 0 aromatic rings. The van der Waals surface area contributed by atoms with Crippen LogP contribution in [0, 0.1) is 0 Å². The normalized spacial score (nSPS) is 11.7. The van der Waals surface area contributed by atoms with Gasteiger partial charge in [0, 0.05) is 11.9 Å². The van der Waals surface area contributed by atoms with E-state index in [0.29, 0.717) is 0 Å². The van der Waals surface area contributed by atoms with Gasteiger partial charge in [0.1, 0.15) is 0 Å². The van der Waals surface area contributed by atoms with Crippen LogP contribution in [-0.2, 0) is 0 Å². The van der Waals surface area contributed by atoms with E-state index in [4.69, 9.17) is 0 Å². The summed E-state index contributed by atoms with van der Waals surface area (Å²) in [4.78, 5) is 1.86. The van der Waals surface area contributed by atoms with Crippen LogP contribution in [0.3, 0.4) is 0 Å². The van der Waals surface area contributed by atoms with E-state index in [1.807, 2.05) is 4.90 Å². The maximum absolute atomic E-state index is 12.3. The van der Waals surface area contributed by atoms with Crippen molar-refractivity contribution in [2.24, 2.45) is 0 Å². The van der Waals surface area contributed by atoms with Crippen molar-refractivity contribution in [3.63, 3.8) is 0 Å². The fourth-order valence-electron chi connectivity index (χ4n) is 2.08. The fraction of sp³-hybridized carbons (Fsp3) is 1.00. The van der Waals surface area contributed by atoms with Crippen LogP contribution in [0.4, 0.5) is 8.78 Å². The topological polar surface area (TPSA) is 3.24 Å². The Kier molecular flexibility index (Phi) is 14.0. The van der Waals surface area contributed by atoms with Gasteiger partial charge in [-0.3, -0.25) is 4.90 Å². The van der Waals surface area contributed by atoms with Gasteiger partial charge in [0.05, 0.1) is 6.54 Å². The molecule has 0 saturated heterocycles. The molecule has 0 amide bonds. The second-order valence-corrected chi connectivity index (χ2v) is 5.65. The summed E-state index contributed by atoms with van der Waals surface area (Å²) in [6.45, 7) is 3.68. The maximum atomic E-state index is 12.3. The van der Waals surface area contributed by atoms with E-state index in [1.54, 1.807) is 0 Å². The predicted molar refractivity (Wildman–Crippen MR) is 78.8 cm³/mol. The highest BCUT2D eigenvalue weighted by Gasteiger charge is 2.10. The van der Waals surface area contributed by atoms with E-state index < -0.39 is 6.43 Å². The molecule has 0 rings (SSSR count). The van der Waals surface area contributed by atoms with Crippen molar-refractivity contribution in [3.8, 4) is 0 Å². The Labute approximate surface area is 119 Å². The van der Waals surface area contributed by atoms with E-state index in [1.165, 1.54) is 44.9 Å². The monoisotopic (exact) mass is 327 g/mol. The van der Waals surface area contributed by atoms with Gasteiger partial charge in [0.25, 0.3) is 6.43 Å². The molecule has 0 bridgehead atoms. The lowest BCUT2D eigenvalue weighted by atomic mass is 10.1. The summed E-state index contributed by atoms with van der Waals surface area (Å²) in [5.74, 6) is 0. The van der Waals surface area contributed by atoms with E-state index in [2.05, 4.69) is 22.9 Å². The molecule has 18 heavy (non-hydrogen) atoms. The molecule has 0 aromatic carbocycles. The number of hydrogen-bond acceptors (Lipinski definition) is 1. The van der Waals surface area contributed by atoms with Gasteiger partial charge in [-0.15, -0.1) is 0 Å². The zero-order valence-electron chi connectivity index (χ0n) is 11.6. The Morgan fingerprint density at radius 1 is 0.889 bits per heavy atom. The van der Waals surface area contributed by atoms with Crippen molar-refractivity contribution < 1.29 is 8.78 Å². The van der Waals surface area contributed by atoms with E-state index in [9.17, 15) is 8.78 Å². The number of hydrogen-bond donors (Lipinski definition) is 0. The van der Waals surface area contributed by atoms with Crippen molar-refractivity contribution in [2.75, 3.05) is 25.0 Å². The molecule has 0 aromatic heterocycles. The minimum Gasteiger partial charge on any atom is -0.297 e. The lowest BCUT2D eigenvalue weighted by Gasteiger charge is -2.20. The van der Waals surface area contributed by atoms with Gasteiger partial charge in [-0.2, -0.15) is 0 Å². The van der Waals surface area contributed by atoms with Crippen molar-refractivity contribution in [2.45, 2.75) is 64.7 Å². The Morgan fingerprint density at radius 2 is 1.44 bits per heavy atom. The third-order valence-corrected chi connectivity index (χ3v) is 3.48. The smallest absolute Gasteiger partial charge is 0.251 e. The molecule has 0 heterocycles. The highest BCUT2D eigenvalue weighted by atomic mass is 79.9. The van der Waals surface area contributed by atoms with Crippen LogP contribution in [0.1, 0.15) is 58.3 Å². The molecular weight excluding hydrogens is 300 g/mol. The van der Waals surface area contributed by atoms with Crippen LogP contribution in [0.5, 0.6) is 0 Å². The van der Waals surface area contributed by atoms with Gasteiger partial charge in [-0.1, -0.05) is 67.8 Å². The van der Waals surface area contributed by atoms with Gasteiger partial charge in [-0.25, -0.2) is 8.78 Å². The quantitative estimate of drug-likeness (QED) is 0.336. The molecule has 0 unspecified atom stereocenters. The molecule has 0 aliphatic rings. The summed E-state index contributed by atoms with van der Waals surface area (Å²) in [7, 11) is 0. The van der Waals surface area contributed by atoms with Crippen LogP contribution < -0.4 is 0 Å². The van der Waals surface area contributed by atoms with Crippen LogP contribution in [0.25, 0.3) is 0 Å². The van der Waals surface area contributed by atoms with E-state index in [0.717, 1.165) is 24.8 Å². The van der Waals surface area contributed by atoms with Gasteiger partial charge in [0.15, 0.2) is 0 Å². The SMILES string of the molecule is CCCCCCCCCCN(CCBr)CC(F)F. The van der Waals surface area contributed by atoms with Crippen molar-refractivity contribution in [3.05, 3.63) is 0 Å². The fourth-order valence-corrected chi connectivity index (χ4v) is 2.58. The summed E-state index contributed by atoms with van der Waals surface area (Å²) in [6, 6.07) is 0. The highest BCUT2D eigenvalue weighted by molar-refractivity contribution is 9.09. The summed E-state index contributed by atoms with van der Waals surface area (Å²) < 4.78 is 24.6. The molecule has 4 heteroatoms. The van der Waals surface area contributed by atoms with Gasteiger partial charge >= 0.3 is 0 Å². The van der Waals surface area contributed by atoms with Gasteiger partial charge in [-0.05, 0) is 13.0 Å². The first-order valence-electron chi connectivity index (χ1n) is 7.27. The van der Waals surface area contributed by atoms with Crippen LogP contribution in [0.2, 0.25) is 0 Å². The summed E-state index contributed by atoms with van der Waals surface area (Å²) in [6.07, 6.45) is 7.86. The maximum Gasteiger partial charge on any atom is 0.251 e. The van der Waals surface area contributed by atoms with E-state index >= 15 is 0 Å². The number of halogens is 3. The second kappa shape index (κ2) is 13.7.